The monoisotopic (exact) mass is 547 g/mol. The van der Waals surface area contributed by atoms with Crippen LogP contribution in [0.15, 0.2) is 41.3 Å². The highest BCUT2D eigenvalue weighted by Gasteiger charge is 2.30. The predicted molar refractivity (Wildman–Crippen MR) is 150 cm³/mol. The molecule has 0 saturated heterocycles. The summed E-state index contributed by atoms with van der Waals surface area (Å²) >= 11 is 0. The Hall–Kier alpha value is -2.13. The minimum Gasteiger partial charge on any atom is -0.504 e. The zero-order chi connectivity index (χ0) is 27.4. The molecular weight excluding hydrogens is 502 g/mol. The Morgan fingerprint density at radius 1 is 0.974 bits per heavy atom. The first-order valence-corrected chi connectivity index (χ1v) is 15.7. The topological polar surface area (TPSA) is 116 Å². The predicted octanol–water partition coefficient (Wildman–Crippen LogP) is 5.35. The first kappa shape index (κ1) is 30.4. The number of aryl methyl sites for hydroxylation is 1. The maximum Gasteiger partial charge on any atom is 0.181 e. The summed E-state index contributed by atoms with van der Waals surface area (Å²) in [4.78, 5) is 0.484. The molecule has 3 rings (SSSR count). The Bertz CT molecular complexity index is 1100. The fourth-order valence-corrected chi connectivity index (χ4v) is 7.05. The summed E-state index contributed by atoms with van der Waals surface area (Å²) in [6.07, 6.45) is 9.91. The maximum atomic E-state index is 12.8. The number of unbranched alkanes of at least 4 members (excludes halogenated alkanes) is 4. The van der Waals surface area contributed by atoms with Crippen molar-refractivity contribution in [1.82, 2.24) is 5.32 Å². The Kier molecular flexibility index (Phi) is 12.4. The lowest BCUT2D eigenvalue weighted by atomic mass is 10.0. The average Bonchev–Trinajstić information content (AvgIpc) is 3.46. The van der Waals surface area contributed by atoms with Crippen molar-refractivity contribution < 1.29 is 28.5 Å². The Morgan fingerprint density at radius 2 is 1.68 bits per heavy atom. The van der Waals surface area contributed by atoms with Gasteiger partial charge in [-0.3, -0.25) is 0 Å². The van der Waals surface area contributed by atoms with Gasteiger partial charge in [0, 0.05) is 25.3 Å². The number of ether oxygens (including phenoxy) is 1. The number of nitrogens with one attached hydrogen (secondary N) is 1. The van der Waals surface area contributed by atoms with Gasteiger partial charge in [0.15, 0.2) is 21.3 Å². The molecular formula is C30H45NO6S. The molecule has 0 aromatic heterocycles. The summed E-state index contributed by atoms with van der Waals surface area (Å²) < 4.78 is 31.4. The van der Waals surface area contributed by atoms with E-state index >= 15 is 0 Å². The summed E-state index contributed by atoms with van der Waals surface area (Å²) in [5, 5.41) is 32.7. The standard InChI is InChI=1S/C30H45NO6S/c1-23-27(16-17-28(32)30(23)34)29(33)22-31-18-7-2-3-8-19-37-20-9-6-11-24-12-10-15-26(21-24)38(35,36)25-13-4-5-14-25/h10,12,15-17,21,25,29,31-34H,2-9,11,13-14,18-20,22H2,1H3. The number of hydrogen-bond donors (Lipinski definition) is 4. The highest BCUT2D eigenvalue weighted by Crippen LogP contribution is 2.33. The number of aromatic hydroxyl groups is 2. The summed E-state index contributed by atoms with van der Waals surface area (Å²) in [5.41, 5.74) is 2.20. The van der Waals surface area contributed by atoms with E-state index in [2.05, 4.69) is 5.32 Å². The molecule has 1 atom stereocenters. The van der Waals surface area contributed by atoms with E-state index in [1.54, 1.807) is 19.1 Å². The van der Waals surface area contributed by atoms with Crippen molar-refractivity contribution in [3.8, 4) is 11.5 Å². The quantitative estimate of drug-likeness (QED) is 0.156. The zero-order valence-electron chi connectivity index (χ0n) is 22.7. The van der Waals surface area contributed by atoms with Gasteiger partial charge in [0.25, 0.3) is 0 Å². The highest BCUT2D eigenvalue weighted by atomic mass is 32.2. The van der Waals surface area contributed by atoms with Gasteiger partial charge in [-0.05, 0) is 87.7 Å². The molecule has 1 aliphatic carbocycles. The molecule has 1 saturated carbocycles. The van der Waals surface area contributed by atoms with E-state index < -0.39 is 15.9 Å². The molecule has 0 bridgehead atoms. The number of phenolic OH excluding ortho intramolecular Hbond substituents is 2. The second-order valence-corrected chi connectivity index (χ2v) is 12.7. The second-order valence-electron chi connectivity index (χ2n) is 10.5. The first-order valence-electron chi connectivity index (χ1n) is 14.1. The summed E-state index contributed by atoms with van der Waals surface area (Å²) in [7, 11) is -3.19. The first-order chi connectivity index (χ1) is 18.3. The van der Waals surface area contributed by atoms with Gasteiger partial charge in [-0.2, -0.15) is 0 Å². The number of phenols is 2. The van der Waals surface area contributed by atoms with Crippen LogP contribution >= 0.6 is 0 Å². The SMILES string of the molecule is Cc1c(C(O)CNCCCCCCOCCCCc2cccc(S(=O)(=O)C3CCCC3)c2)ccc(O)c1O. The van der Waals surface area contributed by atoms with E-state index in [0.717, 1.165) is 96.0 Å². The van der Waals surface area contributed by atoms with E-state index in [1.807, 2.05) is 18.2 Å². The molecule has 2 aromatic rings. The van der Waals surface area contributed by atoms with Crippen LogP contribution in [0, 0.1) is 6.92 Å². The molecule has 1 aliphatic rings. The third kappa shape index (κ3) is 8.97. The van der Waals surface area contributed by atoms with Crippen molar-refractivity contribution in [3.63, 3.8) is 0 Å². The van der Waals surface area contributed by atoms with Crippen molar-refractivity contribution in [2.45, 2.75) is 93.8 Å². The number of sulfone groups is 1. The van der Waals surface area contributed by atoms with Crippen molar-refractivity contribution in [1.29, 1.82) is 0 Å². The minimum absolute atomic E-state index is 0.176. The van der Waals surface area contributed by atoms with Gasteiger partial charge in [0.1, 0.15) is 0 Å². The van der Waals surface area contributed by atoms with Crippen LogP contribution in [0.5, 0.6) is 11.5 Å². The summed E-state index contributed by atoms with van der Waals surface area (Å²) in [6.45, 7) is 4.37. The van der Waals surface area contributed by atoms with Crippen molar-refractivity contribution in [2.75, 3.05) is 26.3 Å². The van der Waals surface area contributed by atoms with Gasteiger partial charge in [0.2, 0.25) is 0 Å². The third-order valence-corrected chi connectivity index (χ3v) is 9.77. The molecule has 0 heterocycles. The van der Waals surface area contributed by atoms with Crippen LogP contribution < -0.4 is 5.32 Å². The molecule has 1 unspecified atom stereocenters. The van der Waals surface area contributed by atoms with Crippen LogP contribution in [-0.4, -0.2) is 55.3 Å². The lowest BCUT2D eigenvalue weighted by Gasteiger charge is -2.16. The van der Waals surface area contributed by atoms with Crippen LogP contribution in [0.3, 0.4) is 0 Å². The van der Waals surface area contributed by atoms with Crippen LogP contribution in [0.4, 0.5) is 0 Å². The average molecular weight is 548 g/mol. The van der Waals surface area contributed by atoms with Gasteiger partial charge < -0.3 is 25.4 Å². The minimum atomic E-state index is -3.19. The van der Waals surface area contributed by atoms with Gasteiger partial charge in [0.05, 0.1) is 16.2 Å². The van der Waals surface area contributed by atoms with Crippen LogP contribution in [0.1, 0.15) is 87.0 Å². The van der Waals surface area contributed by atoms with E-state index in [1.165, 1.54) is 6.07 Å². The number of aliphatic hydroxyl groups excluding tert-OH is 1. The van der Waals surface area contributed by atoms with Crippen molar-refractivity contribution in [3.05, 3.63) is 53.1 Å². The Balaban J connectivity index is 1.18. The molecule has 0 spiro atoms. The van der Waals surface area contributed by atoms with Crippen molar-refractivity contribution >= 4 is 9.84 Å². The van der Waals surface area contributed by atoms with Crippen molar-refractivity contribution in [2.24, 2.45) is 0 Å². The summed E-state index contributed by atoms with van der Waals surface area (Å²) in [5.74, 6) is -0.355. The largest absolute Gasteiger partial charge is 0.504 e. The molecule has 0 amide bonds. The van der Waals surface area contributed by atoms with Crippen LogP contribution in [-0.2, 0) is 21.0 Å². The van der Waals surface area contributed by atoms with Crippen LogP contribution in [0.25, 0.3) is 0 Å². The van der Waals surface area contributed by atoms with E-state index in [4.69, 9.17) is 4.74 Å². The molecule has 2 aromatic carbocycles. The summed E-state index contributed by atoms with van der Waals surface area (Å²) in [6, 6.07) is 10.5. The molecule has 38 heavy (non-hydrogen) atoms. The lowest BCUT2D eigenvalue weighted by molar-refractivity contribution is 0.126. The van der Waals surface area contributed by atoms with Gasteiger partial charge in [-0.15, -0.1) is 0 Å². The number of rotatable bonds is 17. The van der Waals surface area contributed by atoms with E-state index in [-0.39, 0.29) is 16.7 Å². The molecule has 212 valence electrons. The molecule has 0 aliphatic heterocycles. The van der Waals surface area contributed by atoms with Gasteiger partial charge in [-0.25, -0.2) is 8.42 Å². The Morgan fingerprint density at radius 3 is 2.45 bits per heavy atom. The van der Waals surface area contributed by atoms with Gasteiger partial charge >= 0.3 is 0 Å². The molecule has 8 heteroatoms. The number of aliphatic hydroxyl groups is 1. The third-order valence-electron chi connectivity index (χ3n) is 7.51. The normalized spacial score (nSPS) is 15.2. The van der Waals surface area contributed by atoms with E-state index in [0.29, 0.717) is 22.6 Å². The second kappa shape index (κ2) is 15.5. The van der Waals surface area contributed by atoms with Gasteiger partial charge in [-0.1, -0.05) is 43.9 Å². The number of benzene rings is 2. The van der Waals surface area contributed by atoms with Crippen LogP contribution in [0.2, 0.25) is 0 Å². The van der Waals surface area contributed by atoms with E-state index in [9.17, 15) is 23.7 Å². The molecule has 7 nitrogen and oxygen atoms in total. The molecule has 0 radical (unpaired) electrons. The molecule has 4 N–H and O–H groups in total. The fraction of sp³-hybridized carbons (Fsp3) is 0.600. The Labute approximate surface area is 228 Å². The molecule has 1 fully saturated rings. The fourth-order valence-electron chi connectivity index (χ4n) is 5.12. The lowest BCUT2D eigenvalue weighted by Crippen LogP contribution is -2.23. The number of hydrogen-bond acceptors (Lipinski definition) is 7. The zero-order valence-corrected chi connectivity index (χ0v) is 23.5. The highest BCUT2D eigenvalue weighted by molar-refractivity contribution is 7.92. The maximum absolute atomic E-state index is 12.8. The smallest absolute Gasteiger partial charge is 0.181 e.